The van der Waals surface area contributed by atoms with Crippen LogP contribution in [0.2, 0.25) is 0 Å². The van der Waals surface area contributed by atoms with Gasteiger partial charge in [-0.25, -0.2) is 0 Å². The van der Waals surface area contributed by atoms with Gasteiger partial charge in [0.1, 0.15) is 5.76 Å². The number of furan rings is 1. The molecule has 1 aromatic rings. The van der Waals surface area contributed by atoms with Gasteiger partial charge in [-0.1, -0.05) is 0 Å². The minimum Gasteiger partial charge on any atom is -0.452 e. The van der Waals surface area contributed by atoms with Gasteiger partial charge in [0.2, 0.25) is 11.8 Å². The van der Waals surface area contributed by atoms with Crippen molar-refractivity contribution >= 4 is 27.7 Å². The van der Waals surface area contributed by atoms with E-state index < -0.39 is 0 Å². The molecule has 1 aliphatic rings. The molecular formula is C13H18BrN3O3. The Kier molecular flexibility index (Phi) is 4.82. The lowest BCUT2D eigenvalue weighted by Gasteiger charge is -2.20. The lowest BCUT2D eigenvalue weighted by Crippen LogP contribution is -2.37. The summed E-state index contributed by atoms with van der Waals surface area (Å²) >= 11 is 3.23. The molecule has 2 heterocycles. The average molecular weight is 344 g/mol. The predicted molar refractivity (Wildman–Crippen MR) is 76.6 cm³/mol. The summed E-state index contributed by atoms with van der Waals surface area (Å²) in [5, 5.41) is 0. The Bertz CT molecular complexity index is 503. The van der Waals surface area contributed by atoms with Crippen LogP contribution >= 0.6 is 15.9 Å². The number of likely N-dealkylation sites (N-methyl/N-ethyl adjacent to an activating group) is 1. The first-order valence-corrected chi connectivity index (χ1v) is 7.25. The van der Waals surface area contributed by atoms with E-state index in [9.17, 15) is 9.59 Å². The van der Waals surface area contributed by atoms with Gasteiger partial charge in [-0.2, -0.15) is 0 Å². The highest BCUT2D eigenvalue weighted by Gasteiger charge is 2.28. The van der Waals surface area contributed by atoms with Gasteiger partial charge in [0.05, 0.1) is 19.0 Å². The minimum absolute atomic E-state index is 0.00245. The molecule has 2 rings (SSSR count). The fourth-order valence-electron chi connectivity index (χ4n) is 2.28. The molecule has 0 saturated carbocycles. The van der Waals surface area contributed by atoms with E-state index in [1.165, 1.54) is 0 Å². The Hall–Kier alpha value is -1.34. The first kappa shape index (κ1) is 15.1. The maximum Gasteiger partial charge on any atom is 0.236 e. The zero-order chi connectivity index (χ0) is 14.7. The lowest BCUT2D eigenvalue weighted by molar-refractivity contribution is -0.132. The molecule has 0 radical (unpaired) electrons. The zero-order valence-electron chi connectivity index (χ0n) is 11.3. The number of rotatable bonds is 5. The van der Waals surface area contributed by atoms with Crippen LogP contribution in [0.3, 0.4) is 0 Å². The minimum atomic E-state index is -0.284. The van der Waals surface area contributed by atoms with Crippen molar-refractivity contribution in [2.45, 2.75) is 13.0 Å². The SMILES string of the molecule is CN(Cc1ccc(Br)o1)C(=O)CN1CCC(C(N)=O)C1. The molecule has 1 aliphatic heterocycles. The van der Waals surface area contributed by atoms with Gasteiger partial charge < -0.3 is 15.1 Å². The van der Waals surface area contributed by atoms with Crippen molar-refractivity contribution in [2.75, 3.05) is 26.7 Å². The normalized spacial score (nSPS) is 19.2. The number of nitrogens with zero attached hydrogens (tertiary/aromatic N) is 2. The van der Waals surface area contributed by atoms with Gasteiger partial charge in [0, 0.05) is 13.6 Å². The van der Waals surface area contributed by atoms with Crippen molar-refractivity contribution in [3.05, 3.63) is 22.6 Å². The number of nitrogens with two attached hydrogens (primary N) is 1. The van der Waals surface area contributed by atoms with Crippen molar-refractivity contribution in [1.29, 1.82) is 0 Å². The number of likely N-dealkylation sites (tertiary alicyclic amines) is 1. The Balaban J connectivity index is 1.81. The molecule has 0 bridgehead atoms. The molecule has 20 heavy (non-hydrogen) atoms. The van der Waals surface area contributed by atoms with Gasteiger partial charge in [-0.15, -0.1) is 0 Å². The van der Waals surface area contributed by atoms with E-state index in [0.29, 0.717) is 24.3 Å². The molecule has 1 unspecified atom stereocenters. The molecule has 7 heteroatoms. The number of primary amides is 1. The highest BCUT2D eigenvalue weighted by atomic mass is 79.9. The van der Waals surface area contributed by atoms with Gasteiger partial charge in [0.15, 0.2) is 4.67 Å². The van der Waals surface area contributed by atoms with Gasteiger partial charge in [0.25, 0.3) is 0 Å². The standard InChI is InChI=1S/C13H18BrN3O3/c1-16(7-10-2-3-11(14)20-10)12(18)8-17-5-4-9(6-17)13(15)19/h2-3,9H,4-8H2,1H3,(H2,15,19). The number of hydrogen-bond acceptors (Lipinski definition) is 4. The first-order chi connectivity index (χ1) is 9.45. The molecule has 1 saturated heterocycles. The molecule has 0 aliphatic carbocycles. The van der Waals surface area contributed by atoms with E-state index in [2.05, 4.69) is 15.9 Å². The Morgan fingerprint density at radius 2 is 2.30 bits per heavy atom. The smallest absolute Gasteiger partial charge is 0.236 e. The predicted octanol–water partition coefficient (Wildman–Crippen LogP) is 0.808. The fraction of sp³-hybridized carbons (Fsp3) is 0.538. The highest BCUT2D eigenvalue weighted by molar-refractivity contribution is 9.10. The second kappa shape index (κ2) is 6.41. The van der Waals surface area contributed by atoms with E-state index in [1.54, 1.807) is 18.0 Å². The third kappa shape index (κ3) is 3.83. The molecule has 0 aromatic carbocycles. The van der Waals surface area contributed by atoms with Gasteiger partial charge in [-0.3, -0.25) is 14.5 Å². The molecule has 1 fully saturated rings. The van der Waals surface area contributed by atoms with Crippen LogP contribution in [0.15, 0.2) is 21.2 Å². The van der Waals surface area contributed by atoms with E-state index >= 15 is 0 Å². The summed E-state index contributed by atoms with van der Waals surface area (Å²) in [5.41, 5.74) is 5.28. The molecule has 2 N–H and O–H groups in total. The zero-order valence-corrected chi connectivity index (χ0v) is 12.9. The Labute approximate surface area is 126 Å². The second-order valence-corrected chi connectivity index (χ2v) is 5.86. The molecule has 0 spiro atoms. The number of carbonyl (C=O) groups excluding carboxylic acids is 2. The molecular weight excluding hydrogens is 326 g/mol. The van der Waals surface area contributed by atoms with Crippen LogP contribution in [0.25, 0.3) is 0 Å². The van der Waals surface area contributed by atoms with Crippen molar-refractivity contribution in [2.24, 2.45) is 11.7 Å². The maximum absolute atomic E-state index is 12.1. The van der Waals surface area contributed by atoms with Crippen LogP contribution in [0.4, 0.5) is 0 Å². The molecule has 1 aromatic heterocycles. The summed E-state index contributed by atoms with van der Waals surface area (Å²) in [7, 11) is 1.74. The third-order valence-corrected chi connectivity index (χ3v) is 3.91. The summed E-state index contributed by atoms with van der Waals surface area (Å²) in [5.74, 6) is 0.315. The first-order valence-electron chi connectivity index (χ1n) is 6.45. The van der Waals surface area contributed by atoms with Crippen LogP contribution in [0.1, 0.15) is 12.2 Å². The third-order valence-electron chi connectivity index (χ3n) is 3.48. The van der Waals surface area contributed by atoms with Crippen LogP contribution in [-0.2, 0) is 16.1 Å². The molecule has 2 amide bonds. The van der Waals surface area contributed by atoms with Gasteiger partial charge >= 0.3 is 0 Å². The topological polar surface area (TPSA) is 79.8 Å². The number of carbonyl (C=O) groups is 2. The molecule has 1 atom stereocenters. The van der Waals surface area contributed by atoms with Crippen LogP contribution < -0.4 is 5.73 Å². The van der Waals surface area contributed by atoms with E-state index in [-0.39, 0.29) is 17.7 Å². The lowest BCUT2D eigenvalue weighted by atomic mass is 10.1. The quantitative estimate of drug-likeness (QED) is 0.857. The second-order valence-electron chi connectivity index (χ2n) is 5.08. The fourth-order valence-corrected chi connectivity index (χ4v) is 2.62. The number of amides is 2. The van der Waals surface area contributed by atoms with E-state index in [4.69, 9.17) is 10.2 Å². The summed E-state index contributed by atoms with van der Waals surface area (Å²) in [6, 6.07) is 3.62. The van der Waals surface area contributed by atoms with Gasteiger partial charge in [-0.05, 0) is 41.0 Å². The van der Waals surface area contributed by atoms with Crippen molar-refractivity contribution < 1.29 is 14.0 Å². The molecule has 6 nitrogen and oxygen atoms in total. The van der Waals surface area contributed by atoms with Crippen molar-refractivity contribution in [3.8, 4) is 0 Å². The summed E-state index contributed by atoms with van der Waals surface area (Å²) in [6.45, 7) is 2.04. The Morgan fingerprint density at radius 3 is 2.85 bits per heavy atom. The highest BCUT2D eigenvalue weighted by Crippen LogP contribution is 2.17. The van der Waals surface area contributed by atoms with Crippen LogP contribution in [-0.4, -0.2) is 48.3 Å². The Morgan fingerprint density at radius 1 is 1.55 bits per heavy atom. The molecule has 110 valence electrons. The largest absolute Gasteiger partial charge is 0.452 e. The van der Waals surface area contributed by atoms with Crippen LogP contribution in [0, 0.1) is 5.92 Å². The van der Waals surface area contributed by atoms with Crippen molar-refractivity contribution in [3.63, 3.8) is 0 Å². The summed E-state index contributed by atoms with van der Waals surface area (Å²) in [6.07, 6.45) is 0.734. The number of halogens is 1. The summed E-state index contributed by atoms with van der Waals surface area (Å²) in [4.78, 5) is 26.8. The van der Waals surface area contributed by atoms with Crippen LogP contribution in [0.5, 0.6) is 0 Å². The summed E-state index contributed by atoms with van der Waals surface area (Å²) < 4.78 is 6.02. The average Bonchev–Trinajstić information content (AvgIpc) is 2.98. The monoisotopic (exact) mass is 343 g/mol. The van der Waals surface area contributed by atoms with E-state index in [0.717, 1.165) is 18.7 Å². The van der Waals surface area contributed by atoms with Crippen molar-refractivity contribution in [1.82, 2.24) is 9.80 Å². The van der Waals surface area contributed by atoms with E-state index in [1.807, 2.05) is 11.0 Å². The maximum atomic E-state index is 12.1. The number of hydrogen-bond donors (Lipinski definition) is 1.